The number of benzene rings is 1. The number of sulfone groups is 1. The maximum atomic E-state index is 13.0. The van der Waals surface area contributed by atoms with E-state index in [4.69, 9.17) is 0 Å². The summed E-state index contributed by atoms with van der Waals surface area (Å²) in [7, 11) is -3.64. The summed E-state index contributed by atoms with van der Waals surface area (Å²) < 4.78 is 38.1. The lowest BCUT2D eigenvalue weighted by Gasteiger charge is -2.25. The number of carbonyl (C=O) groups is 1. The smallest absolute Gasteiger partial charge is 0.223 e. The van der Waals surface area contributed by atoms with Gasteiger partial charge in [-0.2, -0.15) is 0 Å². The summed E-state index contributed by atoms with van der Waals surface area (Å²) in [6.07, 6.45) is 3.10. The van der Waals surface area contributed by atoms with Crippen molar-refractivity contribution >= 4 is 28.2 Å². The number of amides is 1. The molecule has 2 fully saturated rings. The Balaban J connectivity index is 0.00000225. The lowest BCUT2D eigenvalue weighted by Crippen LogP contribution is -2.40. The Hall–Kier alpha value is -1.18. The van der Waals surface area contributed by atoms with Gasteiger partial charge in [0.2, 0.25) is 5.91 Å². The van der Waals surface area contributed by atoms with Crippen molar-refractivity contribution < 1.29 is 17.6 Å². The maximum absolute atomic E-state index is 13.0. The number of carbonyl (C=O) groups excluding carboxylic acids is 1. The van der Waals surface area contributed by atoms with Gasteiger partial charge in [-0.3, -0.25) is 4.79 Å². The molecule has 3 unspecified atom stereocenters. The van der Waals surface area contributed by atoms with Crippen molar-refractivity contribution in [3.8, 4) is 0 Å². The van der Waals surface area contributed by atoms with Gasteiger partial charge < -0.3 is 10.2 Å². The molecular weight excluding hydrogens is 367 g/mol. The van der Waals surface area contributed by atoms with Crippen molar-refractivity contribution in [2.24, 2.45) is 0 Å². The molecule has 0 aromatic heterocycles. The molecule has 0 radical (unpaired) electrons. The van der Waals surface area contributed by atoms with Gasteiger partial charge in [-0.05, 0) is 50.5 Å². The molecule has 0 saturated carbocycles. The molecule has 2 heterocycles. The van der Waals surface area contributed by atoms with E-state index in [1.165, 1.54) is 12.1 Å². The lowest BCUT2D eigenvalue weighted by atomic mass is 10.1. The van der Waals surface area contributed by atoms with Crippen LogP contribution >= 0.6 is 12.4 Å². The van der Waals surface area contributed by atoms with E-state index in [9.17, 15) is 17.6 Å². The maximum Gasteiger partial charge on any atom is 0.223 e. The molecule has 25 heavy (non-hydrogen) atoms. The molecule has 0 aliphatic carbocycles. The van der Waals surface area contributed by atoms with Crippen LogP contribution in [0.1, 0.15) is 32.6 Å². The second-order valence-corrected chi connectivity index (χ2v) is 9.15. The minimum absolute atomic E-state index is 0. The minimum Gasteiger partial charge on any atom is -0.341 e. The van der Waals surface area contributed by atoms with Crippen molar-refractivity contribution in [1.82, 2.24) is 10.2 Å². The van der Waals surface area contributed by atoms with Crippen LogP contribution in [0, 0.1) is 5.82 Å². The average molecular weight is 391 g/mol. The van der Waals surface area contributed by atoms with Gasteiger partial charge in [-0.25, -0.2) is 12.8 Å². The molecule has 1 N–H and O–H groups in total. The predicted octanol–water partition coefficient (Wildman–Crippen LogP) is 2.15. The minimum atomic E-state index is -3.64. The highest BCUT2D eigenvalue weighted by Crippen LogP contribution is 2.23. The number of halogens is 2. The first kappa shape index (κ1) is 20.1. The Labute approximate surface area is 154 Å². The van der Waals surface area contributed by atoms with Gasteiger partial charge in [0.1, 0.15) is 5.82 Å². The Bertz CT molecular complexity index is 711. The largest absolute Gasteiger partial charge is 0.341 e. The highest BCUT2D eigenvalue weighted by molar-refractivity contribution is 7.92. The van der Waals surface area contributed by atoms with Crippen LogP contribution in [-0.4, -0.2) is 49.6 Å². The Kier molecular flexibility index (Phi) is 6.45. The molecule has 1 aromatic carbocycles. The SMILES string of the molecule is CC(CC(=O)N1CCC2CCC(C1)N2)S(=O)(=O)c1ccc(F)cc1.Cl. The fraction of sp³-hybridized carbons (Fsp3) is 0.588. The highest BCUT2D eigenvalue weighted by atomic mass is 35.5. The predicted molar refractivity (Wildman–Crippen MR) is 96.1 cm³/mol. The third-order valence-corrected chi connectivity index (χ3v) is 7.17. The quantitative estimate of drug-likeness (QED) is 0.800. The summed E-state index contributed by atoms with van der Waals surface area (Å²) in [6.45, 7) is 2.87. The monoisotopic (exact) mass is 390 g/mol. The second kappa shape index (κ2) is 8.01. The molecule has 2 aliphatic rings. The molecule has 2 aliphatic heterocycles. The zero-order valence-electron chi connectivity index (χ0n) is 14.2. The van der Waals surface area contributed by atoms with Crippen LogP contribution in [0.3, 0.4) is 0 Å². The van der Waals surface area contributed by atoms with Gasteiger partial charge in [0.15, 0.2) is 9.84 Å². The topological polar surface area (TPSA) is 66.5 Å². The molecule has 1 aromatic rings. The van der Waals surface area contributed by atoms with Gasteiger partial charge in [0, 0.05) is 31.6 Å². The molecule has 2 saturated heterocycles. The van der Waals surface area contributed by atoms with Crippen molar-refractivity contribution in [1.29, 1.82) is 0 Å². The fourth-order valence-electron chi connectivity index (χ4n) is 3.51. The molecule has 2 bridgehead atoms. The van der Waals surface area contributed by atoms with Crippen LogP contribution in [0.4, 0.5) is 4.39 Å². The van der Waals surface area contributed by atoms with Crippen LogP contribution in [0.15, 0.2) is 29.2 Å². The third-order valence-electron chi connectivity index (χ3n) is 5.01. The normalized spacial score (nSPS) is 24.3. The van der Waals surface area contributed by atoms with E-state index in [0.29, 0.717) is 25.2 Å². The van der Waals surface area contributed by atoms with Crippen LogP contribution in [-0.2, 0) is 14.6 Å². The first-order valence-electron chi connectivity index (χ1n) is 8.39. The van der Waals surface area contributed by atoms with Gasteiger partial charge in [-0.15, -0.1) is 12.4 Å². The molecule has 3 atom stereocenters. The zero-order chi connectivity index (χ0) is 17.3. The standard InChI is InChI=1S/C17H23FN2O3S.ClH/c1-12(24(22,23)16-6-2-13(18)3-7-16)10-17(21)20-9-8-14-4-5-15(11-20)19-14;/h2-3,6-7,12,14-15,19H,4-5,8-11H2,1H3;1H. The molecule has 1 amide bonds. The second-order valence-electron chi connectivity index (χ2n) is 6.78. The van der Waals surface area contributed by atoms with Crippen LogP contribution in [0.25, 0.3) is 0 Å². The summed E-state index contributed by atoms with van der Waals surface area (Å²) >= 11 is 0. The summed E-state index contributed by atoms with van der Waals surface area (Å²) in [6, 6.07) is 5.55. The molecule has 0 spiro atoms. The number of nitrogens with zero attached hydrogens (tertiary/aromatic N) is 1. The number of hydrogen-bond acceptors (Lipinski definition) is 4. The van der Waals surface area contributed by atoms with Crippen molar-refractivity contribution in [2.45, 2.75) is 54.8 Å². The van der Waals surface area contributed by atoms with E-state index in [0.717, 1.165) is 31.4 Å². The van der Waals surface area contributed by atoms with Crippen LogP contribution in [0.5, 0.6) is 0 Å². The van der Waals surface area contributed by atoms with Gasteiger partial charge in [0.05, 0.1) is 10.1 Å². The number of nitrogens with one attached hydrogen (secondary N) is 1. The summed E-state index contributed by atoms with van der Waals surface area (Å²) in [4.78, 5) is 14.4. The number of fused-ring (bicyclic) bond motifs is 2. The number of likely N-dealkylation sites (tertiary alicyclic amines) is 1. The van der Waals surface area contributed by atoms with E-state index in [1.807, 2.05) is 0 Å². The van der Waals surface area contributed by atoms with E-state index >= 15 is 0 Å². The Morgan fingerprint density at radius 3 is 2.56 bits per heavy atom. The highest BCUT2D eigenvalue weighted by Gasteiger charge is 2.33. The third kappa shape index (κ3) is 4.51. The van der Waals surface area contributed by atoms with E-state index in [-0.39, 0.29) is 29.6 Å². The van der Waals surface area contributed by atoms with Gasteiger partial charge in [0.25, 0.3) is 0 Å². The zero-order valence-corrected chi connectivity index (χ0v) is 15.8. The lowest BCUT2D eigenvalue weighted by molar-refractivity contribution is -0.131. The number of hydrogen-bond donors (Lipinski definition) is 1. The van der Waals surface area contributed by atoms with Crippen LogP contribution < -0.4 is 5.32 Å². The summed E-state index contributed by atoms with van der Waals surface area (Å²) in [5.74, 6) is -0.604. The molecule has 140 valence electrons. The van der Waals surface area contributed by atoms with Crippen molar-refractivity contribution in [3.05, 3.63) is 30.1 Å². The summed E-state index contributed by atoms with van der Waals surface area (Å²) in [5, 5.41) is 2.67. The van der Waals surface area contributed by atoms with E-state index < -0.39 is 20.9 Å². The molecule has 8 heteroatoms. The van der Waals surface area contributed by atoms with Gasteiger partial charge in [-0.1, -0.05) is 0 Å². The van der Waals surface area contributed by atoms with Gasteiger partial charge >= 0.3 is 0 Å². The first-order chi connectivity index (χ1) is 11.4. The van der Waals surface area contributed by atoms with Crippen molar-refractivity contribution in [3.63, 3.8) is 0 Å². The fourth-order valence-corrected chi connectivity index (χ4v) is 4.85. The van der Waals surface area contributed by atoms with E-state index in [2.05, 4.69) is 5.32 Å². The van der Waals surface area contributed by atoms with E-state index in [1.54, 1.807) is 11.8 Å². The first-order valence-corrected chi connectivity index (χ1v) is 9.94. The Morgan fingerprint density at radius 1 is 1.24 bits per heavy atom. The van der Waals surface area contributed by atoms with Crippen molar-refractivity contribution in [2.75, 3.05) is 13.1 Å². The summed E-state index contributed by atoms with van der Waals surface area (Å²) in [5.41, 5.74) is 0. The average Bonchev–Trinajstić information content (AvgIpc) is 2.86. The number of rotatable bonds is 4. The molecule has 5 nitrogen and oxygen atoms in total. The Morgan fingerprint density at radius 2 is 1.88 bits per heavy atom. The van der Waals surface area contributed by atoms with Crippen LogP contribution in [0.2, 0.25) is 0 Å². The molecular formula is C17H24ClFN2O3S. The molecule has 3 rings (SSSR count).